The molecule has 0 amide bonds. The van der Waals surface area contributed by atoms with Crippen LogP contribution >= 0.6 is 0 Å². The van der Waals surface area contributed by atoms with E-state index in [4.69, 9.17) is 0 Å². The van der Waals surface area contributed by atoms with Crippen molar-refractivity contribution in [1.82, 2.24) is 4.57 Å². The molecule has 7 rings (SSSR count). The Morgan fingerprint density at radius 1 is 0.824 bits per heavy atom. The fourth-order valence-electron chi connectivity index (χ4n) is 5.94. The van der Waals surface area contributed by atoms with E-state index in [0.717, 1.165) is 11.6 Å². The van der Waals surface area contributed by atoms with Gasteiger partial charge in [-0.25, -0.2) is 4.99 Å². The van der Waals surface area contributed by atoms with Crippen molar-refractivity contribution in [2.75, 3.05) is 0 Å². The van der Waals surface area contributed by atoms with Gasteiger partial charge < -0.3 is 4.57 Å². The van der Waals surface area contributed by atoms with E-state index in [1.54, 1.807) is 6.08 Å². The highest BCUT2D eigenvalue weighted by Crippen LogP contribution is 2.33. The number of nitrogens with zero attached hydrogens (tertiary/aromatic N) is 2. The predicted octanol–water partition coefficient (Wildman–Crippen LogP) is 14.1. The summed E-state index contributed by atoms with van der Waals surface area (Å²) in [7, 11) is 2.15. The summed E-state index contributed by atoms with van der Waals surface area (Å²) in [4.78, 5) is 3.85. The normalized spacial score (nSPS) is 14.5. The van der Waals surface area contributed by atoms with Crippen LogP contribution in [0.2, 0.25) is 0 Å². The number of aromatic nitrogens is 1. The van der Waals surface area contributed by atoms with E-state index in [1.807, 2.05) is 37.3 Å². The SMILES string of the molecule is C=C=CC.C=C=Nc1ccccc1.CC1=CC=CC(C)C1.CC1=CCCC=C1.Cc1ccc2c(c1)c1cc(C(C)c3ccccc3)ccc1n2C. The van der Waals surface area contributed by atoms with E-state index >= 15 is 0 Å². The number of hydrogen-bond acceptors (Lipinski definition) is 1. The van der Waals surface area contributed by atoms with Crippen molar-refractivity contribution in [3.8, 4) is 0 Å². The molecule has 5 aromatic rings. The van der Waals surface area contributed by atoms with Crippen LogP contribution in [0, 0.1) is 12.8 Å². The third-order valence-electron chi connectivity index (χ3n) is 8.80. The van der Waals surface area contributed by atoms with Crippen LogP contribution in [0.5, 0.6) is 0 Å². The molecule has 1 heterocycles. The first-order valence-corrected chi connectivity index (χ1v) is 18.0. The van der Waals surface area contributed by atoms with Gasteiger partial charge in [-0.15, -0.1) is 5.73 Å². The topological polar surface area (TPSA) is 17.3 Å². The molecule has 0 N–H and O–H groups in total. The molecule has 2 nitrogen and oxygen atoms in total. The molecule has 0 radical (unpaired) electrons. The number of hydrogen-bond donors (Lipinski definition) is 0. The van der Waals surface area contributed by atoms with Gasteiger partial charge in [0.2, 0.25) is 0 Å². The van der Waals surface area contributed by atoms with Gasteiger partial charge in [0.15, 0.2) is 0 Å². The average Bonchev–Trinajstić information content (AvgIpc) is 3.43. The second kappa shape index (κ2) is 21.6. The summed E-state index contributed by atoms with van der Waals surface area (Å²) in [5, 5.41) is 2.70. The molecule has 2 atom stereocenters. The highest BCUT2D eigenvalue weighted by Gasteiger charge is 2.13. The van der Waals surface area contributed by atoms with Crippen molar-refractivity contribution < 1.29 is 0 Å². The summed E-state index contributed by atoms with van der Waals surface area (Å²) in [6, 6.07) is 34.0. The Kier molecular flexibility index (Phi) is 17.0. The van der Waals surface area contributed by atoms with Crippen molar-refractivity contribution >= 4 is 33.4 Å². The Balaban J connectivity index is 0.000000206. The molecule has 2 heteroatoms. The summed E-state index contributed by atoms with van der Waals surface area (Å²) >= 11 is 0. The second-order valence-electron chi connectivity index (χ2n) is 13.1. The van der Waals surface area contributed by atoms with Gasteiger partial charge in [0.1, 0.15) is 0 Å². The zero-order valence-electron chi connectivity index (χ0n) is 31.9. The third kappa shape index (κ3) is 13.1. The van der Waals surface area contributed by atoms with Gasteiger partial charge in [0, 0.05) is 34.8 Å². The minimum absolute atomic E-state index is 0.403. The summed E-state index contributed by atoms with van der Waals surface area (Å²) in [5.74, 6) is 3.63. The van der Waals surface area contributed by atoms with Gasteiger partial charge in [0.25, 0.3) is 0 Å². The summed E-state index contributed by atoms with van der Waals surface area (Å²) in [6.45, 7) is 19.5. The number of allylic oxidation sites excluding steroid dienone is 9. The Hall–Kier alpha value is -5.39. The Bertz CT molecular complexity index is 2040. The van der Waals surface area contributed by atoms with E-state index in [2.05, 4.69) is 179 Å². The number of rotatable bonds is 3. The van der Waals surface area contributed by atoms with Gasteiger partial charge in [-0.3, -0.25) is 0 Å². The summed E-state index contributed by atoms with van der Waals surface area (Å²) in [5.41, 5.74) is 13.0. The Morgan fingerprint density at radius 3 is 1.96 bits per heavy atom. The van der Waals surface area contributed by atoms with Crippen molar-refractivity contribution in [2.45, 2.75) is 66.7 Å². The quantitative estimate of drug-likeness (QED) is 0.134. The smallest absolute Gasteiger partial charge is 0.0729 e. The monoisotopic (exact) mass is 672 g/mol. The number of para-hydroxylation sites is 1. The lowest BCUT2D eigenvalue weighted by Gasteiger charge is -2.12. The van der Waals surface area contributed by atoms with Crippen LogP contribution in [-0.4, -0.2) is 10.4 Å². The highest BCUT2D eigenvalue weighted by molar-refractivity contribution is 6.08. The van der Waals surface area contributed by atoms with Gasteiger partial charge in [-0.2, -0.15) is 0 Å². The maximum absolute atomic E-state index is 3.85. The molecule has 4 aromatic carbocycles. The van der Waals surface area contributed by atoms with Crippen LogP contribution in [0.4, 0.5) is 5.69 Å². The molecule has 0 spiro atoms. The van der Waals surface area contributed by atoms with E-state index in [-0.39, 0.29) is 0 Å². The third-order valence-corrected chi connectivity index (χ3v) is 8.80. The van der Waals surface area contributed by atoms with Crippen molar-refractivity contribution in [2.24, 2.45) is 18.0 Å². The van der Waals surface area contributed by atoms with Gasteiger partial charge in [-0.05, 0) is 119 Å². The minimum Gasteiger partial charge on any atom is -0.344 e. The van der Waals surface area contributed by atoms with Crippen LogP contribution < -0.4 is 0 Å². The van der Waals surface area contributed by atoms with Crippen LogP contribution in [0.1, 0.15) is 76.5 Å². The maximum atomic E-state index is 3.85. The first kappa shape index (κ1) is 40.0. The molecule has 0 saturated carbocycles. The number of aliphatic imine (C=N–C) groups is 1. The number of aryl methyl sites for hydroxylation is 2. The first-order valence-electron chi connectivity index (χ1n) is 18.0. The van der Waals surface area contributed by atoms with Gasteiger partial charge in [0.05, 0.1) is 5.69 Å². The molecule has 51 heavy (non-hydrogen) atoms. The molecule has 262 valence electrons. The molecule has 0 bridgehead atoms. The zero-order chi connectivity index (χ0) is 37.0. The molecular weight excluding hydrogens is 617 g/mol. The molecule has 0 saturated heterocycles. The van der Waals surface area contributed by atoms with Crippen molar-refractivity contribution in [1.29, 1.82) is 0 Å². The molecule has 2 unspecified atom stereocenters. The fraction of sp³-hybridized carbons (Fsp3) is 0.245. The molecular formula is C49H56N2. The largest absolute Gasteiger partial charge is 0.344 e. The molecule has 2 aliphatic carbocycles. The lowest BCUT2D eigenvalue weighted by molar-refractivity contribution is 0.707. The minimum atomic E-state index is 0.403. The molecule has 1 aromatic heterocycles. The van der Waals surface area contributed by atoms with Crippen LogP contribution in [0.3, 0.4) is 0 Å². The summed E-state index contributed by atoms with van der Waals surface area (Å²) in [6.07, 6.45) is 18.7. The van der Waals surface area contributed by atoms with E-state index in [0.29, 0.717) is 5.92 Å². The van der Waals surface area contributed by atoms with E-state index in [1.165, 1.54) is 68.9 Å². The standard InChI is InChI=1S/C22H21N.C8H7N.C8H12.C7H10.C4H6/c1-15-9-11-21-19(13-15)20-14-18(10-12-22(20)23(21)3)16(2)17-7-5-4-6-8-17;1-2-9-8-6-4-3-5-7-8;1-7-4-3-5-8(2)6-7;1-7-5-3-2-4-6-7;1-3-4-2/h4-14,16H,1-3H3;3-7H,1H2;3-5,7H,6H2,1-2H3;3,5-6H,2,4H2,1H3;4H,1H2,2H3. The zero-order valence-corrected chi connectivity index (χ0v) is 31.9. The Morgan fingerprint density at radius 2 is 1.45 bits per heavy atom. The van der Waals surface area contributed by atoms with Crippen molar-refractivity contribution in [3.63, 3.8) is 0 Å². The average molecular weight is 673 g/mol. The van der Waals surface area contributed by atoms with E-state index < -0.39 is 0 Å². The van der Waals surface area contributed by atoms with Crippen LogP contribution in [0.25, 0.3) is 21.8 Å². The Labute approximate surface area is 308 Å². The van der Waals surface area contributed by atoms with Gasteiger partial charge in [-0.1, -0.05) is 134 Å². The fourth-order valence-corrected chi connectivity index (χ4v) is 5.94. The highest BCUT2D eigenvalue weighted by atomic mass is 14.9. The molecule has 0 aliphatic heterocycles. The number of benzene rings is 4. The predicted molar refractivity (Wildman–Crippen MR) is 226 cm³/mol. The van der Waals surface area contributed by atoms with Gasteiger partial charge >= 0.3 is 0 Å². The van der Waals surface area contributed by atoms with Crippen LogP contribution in [0.15, 0.2) is 175 Å². The van der Waals surface area contributed by atoms with Crippen molar-refractivity contribution in [3.05, 3.63) is 186 Å². The number of fused-ring (bicyclic) bond motifs is 3. The first-order chi connectivity index (χ1) is 24.7. The van der Waals surface area contributed by atoms with E-state index in [9.17, 15) is 0 Å². The second-order valence-corrected chi connectivity index (χ2v) is 13.1. The molecule has 2 aliphatic rings. The lowest BCUT2D eigenvalue weighted by Crippen LogP contribution is -1.95. The molecule has 0 fully saturated rings. The summed E-state index contributed by atoms with van der Waals surface area (Å²) < 4.78 is 2.29. The van der Waals surface area contributed by atoms with Crippen LogP contribution in [-0.2, 0) is 7.05 Å². The lowest BCUT2D eigenvalue weighted by atomic mass is 9.92. The maximum Gasteiger partial charge on any atom is 0.0729 e.